The Morgan fingerprint density at radius 2 is 2.31 bits per heavy atom. The third-order valence-electron chi connectivity index (χ3n) is 2.52. The molecule has 0 unspecified atom stereocenters. The van der Waals surface area contributed by atoms with Crippen LogP contribution in [0.5, 0.6) is 0 Å². The van der Waals surface area contributed by atoms with E-state index in [-0.39, 0.29) is 0 Å². The SMILES string of the molecule is CCn1ncc2c(N)cc(C(=O)OC)cc21. The van der Waals surface area contributed by atoms with Crippen LogP contribution >= 0.6 is 0 Å². The molecule has 1 aromatic carbocycles. The van der Waals surface area contributed by atoms with Crippen LogP contribution in [0, 0.1) is 0 Å². The van der Waals surface area contributed by atoms with E-state index in [0.717, 1.165) is 17.4 Å². The Morgan fingerprint density at radius 3 is 2.94 bits per heavy atom. The summed E-state index contributed by atoms with van der Waals surface area (Å²) in [6.45, 7) is 2.71. The zero-order valence-corrected chi connectivity index (χ0v) is 9.23. The van der Waals surface area contributed by atoms with E-state index in [9.17, 15) is 4.79 Å². The predicted octanol–water partition coefficient (Wildman–Crippen LogP) is 1.43. The topological polar surface area (TPSA) is 70.1 Å². The average Bonchev–Trinajstić information content (AvgIpc) is 2.71. The first-order chi connectivity index (χ1) is 7.67. The fourth-order valence-electron chi connectivity index (χ4n) is 1.69. The van der Waals surface area contributed by atoms with Gasteiger partial charge in [0, 0.05) is 17.6 Å². The quantitative estimate of drug-likeness (QED) is 0.612. The maximum absolute atomic E-state index is 11.4. The molecular weight excluding hydrogens is 206 g/mol. The van der Waals surface area contributed by atoms with E-state index in [2.05, 4.69) is 9.84 Å². The summed E-state index contributed by atoms with van der Waals surface area (Å²) in [5, 5.41) is 5.04. The highest BCUT2D eigenvalue weighted by molar-refractivity contribution is 5.99. The zero-order chi connectivity index (χ0) is 11.7. The summed E-state index contributed by atoms with van der Waals surface area (Å²) in [6.07, 6.45) is 1.70. The standard InChI is InChI=1S/C11H13N3O2/c1-3-14-10-5-7(11(15)16-2)4-9(12)8(10)6-13-14/h4-6H,3,12H2,1-2H3. The number of fused-ring (bicyclic) bond motifs is 1. The van der Waals surface area contributed by atoms with Gasteiger partial charge in [0.05, 0.1) is 24.4 Å². The molecule has 2 aromatic rings. The number of esters is 1. The van der Waals surface area contributed by atoms with Gasteiger partial charge < -0.3 is 10.5 Å². The third-order valence-corrected chi connectivity index (χ3v) is 2.52. The van der Waals surface area contributed by atoms with E-state index in [4.69, 9.17) is 5.73 Å². The second-order valence-electron chi connectivity index (χ2n) is 3.45. The fraction of sp³-hybridized carbons (Fsp3) is 0.273. The number of aromatic nitrogens is 2. The number of nitrogens with zero attached hydrogens (tertiary/aromatic N) is 2. The van der Waals surface area contributed by atoms with Crippen LogP contribution in [-0.4, -0.2) is 22.9 Å². The van der Waals surface area contributed by atoms with Gasteiger partial charge in [-0.05, 0) is 19.1 Å². The highest BCUT2D eigenvalue weighted by Gasteiger charge is 2.11. The van der Waals surface area contributed by atoms with Crippen LogP contribution in [0.2, 0.25) is 0 Å². The Morgan fingerprint density at radius 1 is 1.56 bits per heavy atom. The molecule has 2 N–H and O–H groups in total. The van der Waals surface area contributed by atoms with Gasteiger partial charge in [-0.1, -0.05) is 0 Å². The molecule has 0 amide bonds. The molecule has 5 nitrogen and oxygen atoms in total. The van der Waals surface area contributed by atoms with Crippen LogP contribution in [0.4, 0.5) is 5.69 Å². The van der Waals surface area contributed by atoms with Gasteiger partial charge >= 0.3 is 5.97 Å². The Hall–Kier alpha value is -2.04. The molecule has 16 heavy (non-hydrogen) atoms. The molecule has 0 atom stereocenters. The van der Waals surface area contributed by atoms with Crippen molar-refractivity contribution in [2.75, 3.05) is 12.8 Å². The van der Waals surface area contributed by atoms with Crippen molar-refractivity contribution >= 4 is 22.6 Å². The lowest BCUT2D eigenvalue weighted by molar-refractivity contribution is 0.0601. The van der Waals surface area contributed by atoms with Crippen molar-refractivity contribution in [1.29, 1.82) is 0 Å². The Balaban J connectivity index is 2.68. The lowest BCUT2D eigenvalue weighted by atomic mass is 10.1. The average molecular weight is 219 g/mol. The van der Waals surface area contributed by atoms with Crippen LogP contribution in [0.3, 0.4) is 0 Å². The lowest BCUT2D eigenvalue weighted by Gasteiger charge is -2.04. The fourth-order valence-corrected chi connectivity index (χ4v) is 1.69. The van der Waals surface area contributed by atoms with Crippen molar-refractivity contribution in [3.05, 3.63) is 23.9 Å². The van der Waals surface area contributed by atoms with Gasteiger partial charge in [0.2, 0.25) is 0 Å². The molecule has 0 saturated heterocycles. The molecule has 84 valence electrons. The van der Waals surface area contributed by atoms with E-state index < -0.39 is 5.97 Å². The van der Waals surface area contributed by atoms with Crippen LogP contribution < -0.4 is 5.73 Å². The molecule has 5 heteroatoms. The summed E-state index contributed by atoms with van der Waals surface area (Å²) in [4.78, 5) is 11.4. The van der Waals surface area contributed by atoms with Crippen molar-refractivity contribution in [2.45, 2.75) is 13.5 Å². The molecule has 0 aliphatic carbocycles. The second kappa shape index (κ2) is 3.84. The third kappa shape index (κ3) is 1.50. The second-order valence-corrected chi connectivity index (χ2v) is 3.45. The normalized spacial score (nSPS) is 10.6. The number of hydrogen-bond acceptors (Lipinski definition) is 4. The summed E-state index contributed by atoms with van der Waals surface area (Å²) in [5.41, 5.74) is 7.69. The number of benzene rings is 1. The van der Waals surface area contributed by atoms with Crippen LogP contribution in [0.25, 0.3) is 10.9 Å². The number of nitrogen functional groups attached to an aromatic ring is 1. The number of carbonyl (C=O) groups excluding carboxylic acids is 1. The number of rotatable bonds is 2. The summed E-state index contributed by atoms with van der Waals surface area (Å²) in [6, 6.07) is 3.35. The van der Waals surface area contributed by atoms with Gasteiger partial charge in [0.1, 0.15) is 0 Å². The zero-order valence-electron chi connectivity index (χ0n) is 9.23. The summed E-state index contributed by atoms with van der Waals surface area (Å²) < 4.78 is 6.46. The molecular formula is C11H13N3O2. The Bertz CT molecular complexity index is 545. The number of carbonyl (C=O) groups is 1. The highest BCUT2D eigenvalue weighted by Crippen LogP contribution is 2.23. The van der Waals surface area contributed by atoms with Gasteiger partial charge in [-0.2, -0.15) is 5.10 Å². The summed E-state index contributed by atoms with van der Waals surface area (Å²) >= 11 is 0. The molecule has 0 saturated carbocycles. The number of anilines is 1. The first kappa shape index (κ1) is 10.5. The molecule has 0 spiro atoms. The Kier molecular flexibility index (Phi) is 2.52. The molecule has 0 aliphatic heterocycles. The number of hydrogen-bond donors (Lipinski definition) is 1. The predicted molar refractivity (Wildman–Crippen MR) is 61.2 cm³/mol. The van der Waals surface area contributed by atoms with Crippen LogP contribution in [0.1, 0.15) is 17.3 Å². The molecule has 1 heterocycles. The Labute approximate surface area is 92.8 Å². The summed E-state index contributed by atoms with van der Waals surface area (Å²) in [5.74, 6) is -0.391. The summed E-state index contributed by atoms with van der Waals surface area (Å²) in [7, 11) is 1.35. The van der Waals surface area contributed by atoms with Gasteiger partial charge in [0.15, 0.2) is 0 Å². The van der Waals surface area contributed by atoms with Gasteiger partial charge in [-0.25, -0.2) is 4.79 Å². The van der Waals surface area contributed by atoms with Gasteiger partial charge in [-0.15, -0.1) is 0 Å². The first-order valence-electron chi connectivity index (χ1n) is 5.00. The minimum Gasteiger partial charge on any atom is -0.465 e. The van der Waals surface area contributed by atoms with Crippen LogP contribution in [0.15, 0.2) is 18.3 Å². The van der Waals surface area contributed by atoms with E-state index in [1.54, 1.807) is 23.0 Å². The molecule has 0 bridgehead atoms. The largest absolute Gasteiger partial charge is 0.465 e. The van der Waals surface area contributed by atoms with Crippen molar-refractivity contribution in [1.82, 2.24) is 9.78 Å². The van der Waals surface area contributed by atoms with Crippen molar-refractivity contribution in [2.24, 2.45) is 0 Å². The first-order valence-corrected chi connectivity index (χ1v) is 5.00. The van der Waals surface area contributed by atoms with Gasteiger partial charge in [-0.3, -0.25) is 4.68 Å². The van der Waals surface area contributed by atoms with E-state index in [1.165, 1.54) is 7.11 Å². The van der Waals surface area contributed by atoms with Crippen LogP contribution in [-0.2, 0) is 11.3 Å². The maximum atomic E-state index is 11.4. The monoisotopic (exact) mass is 219 g/mol. The lowest BCUT2D eigenvalue weighted by Crippen LogP contribution is -2.03. The number of ether oxygens (including phenoxy) is 1. The molecule has 0 aliphatic rings. The van der Waals surface area contributed by atoms with E-state index in [1.807, 2.05) is 6.92 Å². The number of aryl methyl sites for hydroxylation is 1. The van der Waals surface area contributed by atoms with Crippen molar-refractivity contribution in [3.63, 3.8) is 0 Å². The minimum atomic E-state index is -0.391. The molecule has 0 radical (unpaired) electrons. The van der Waals surface area contributed by atoms with Crippen molar-refractivity contribution < 1.29 is 9.53 Å². The molecule has 2 rings (SSSR count). The smallest absolute Gasteiger partial charge is 0.338 e. The van der Waals surface area contributed by atoms with E-state index >= 15 is 0 Å². The van der Waals surface area contributed by atoms with Crippen molar-refractivity contribution in [3.8, 4) is 0 Å². The van der Waals surface area contributed by atoms with Gasteiger partial charge in [0.25, 0.3) is 0 Å². The molecule has 1 aromatic heterocycles. The van der Waals surface area contributed by atoms with E-state index in [0.29, 0.717) is 11.3 Å². The number of nitrogens with two attached hydrogens (primary N) is 1. The maximum Gasteiger partial charge on any atom is 0.338 e. The highest BCUT2D eigenvalue weighted by atomic mass is 16.5. The number of methoxy groups -OCH3 is 1. The molecule has 0 fully saturated rings. The minimum absolute atomic E-state index is 0.391.